The van der Waals surface area contributed by atoms with E-state index < -0.39 is 17.6 Å². The molecule has 0 N–H and O–H groups in total. The maximum atomic E-state index is 14.6. The van der Waals surface area contributed by atoms with E-state index in [0.717, 1.165) is 16.9 Å². The molecule has 8 nitrogen and oxygen atoms in total. The zero-order valence-electron chi connectivity index (χ0n) is 24.8. The molecule has 0 unspecified atom stereocenters. The van der Waals surface area contributed by atoms with E-state index in [0.29, 0.717) is 55.9 Å². The van der Waals surface area contributed by atoms with E-state index >= 15 is 0 Å². The second kappa shape index (κ2) is 12.7. The number of esters is 1. The van der Waals surface area contributed by atoms with Gasteiger partial charge in [-0.15, -0.1) is 0 Å². The molecule has 0 aliphatic carbocycles. The fourth-order valence-electron chi connectivity index (χ4n) is 5.84. The number of aromatic nitrogens is 1. The minimum Gasteiger partial charge on any atom is -0.496 e. The number of amides is 1. The molecule has 11 heteroatoms. The maximum Gasteiger partial charge on any atom is 0.338 e. The molecule has 0 spiro atoms. The van der Waals surface area contributed by atoms with Crippen LogP contribution in [-0.4, -0.2) is 30.2 Å². The van der Waals surface area contributed by atoms with E-state index in [2.05, 4.69) is 0 Å². The van der Waals surface area contributed by atoms with E-state index in [1.807, 2.05) is 49.4 Å². The van der Waals surface area contributed by atoms with Gasteiger partial charge >= 0.3 is 5.97 Å². The summed E-state index contributed by atoms with van der Waals surface area (Å²) in [6, 6.07) is 18.8. The molecular weight excluding hydrogens is 633 g/mol. The molecule has 1 aromatic heterocycles. The van der Waals surface area contributed by atoms with Crippen molar-refractivity contribution in [2.45, 2.75) is 39.3 Å². The smallest absolute Gasteiger partial charge is 0.338 e. The van der Waals surface area contributed by atoms with Crippen LogP contribution in [0.1, 0.15) is 49.4 Å². The molecule has 0 saturated carbocycles. The van der Waals surface area contributed by atoms with Gasteiger partial charge in [0.05, 0.1) is 42.8 Å². The molecule has 3 aromatic carbocycles. The normalized spacial score (nSPS) is 16.8. The van der Waals surface area contributed by atoms with Crippen LogP contribution in [0.2, 0.25) is 10.0 Å². The molecule has 0 fully saturated rings. The lowest BCUT2D eigenvalue weighted by molar-refractivity contribution is -0.139. The van der Waals surface area contributed by atoms with Crippen molar-refractivity contribution in [3.05, 3.63) is 124 Å². The molecule has 1 amide bonds. The zero-order chi connectivity index (χ0) is 31.8. The number of para-hydroxylation sites is 1. The van der Waals surface area contributed by atoms with Gasteiger partial charge < -0.3 is 14.4 Å². The van der Waals surface area contributed by atoms with Crippen LogP contribution in [0, 0.1) is 0 Å². The summed E-state index contributed by atoms with van der Waals surface area (Å²) in [5.74, 6) is -0.463. The van der Waals surface area contributed by atoms with Gasteiger partial charge in [0, 0.05) is 21.2 Å². The molecule has 45 heavy (non-hydrogen) atoms. The summed E-state index contributed by atoms with van der Waals surface area (Å²) < 4.78 is 12.9. The topological polar surface area (TPSA) is 90.2 Å². The average Bonchev–Trinajstić information content (AvgIpc) is 3.49. The molecule has 0 radical (unpaired) electrons. The summed E-state index contributed by atoms with van der Waals surface area (Å²) in [5.41, 5.74) is 3.16. The van der Waals surface area contributed by atoms with Crippen LogP contribution in [-0.2, 0) is 20.9 Å². The fourth-order valence-corrected chi connectivity index (χ4v) is 7.32. The Morgan fingerprint density at radius 3 is 2.51 bits per heavy atom. The number of hydrogen-bond acceptors (Lipinski definition) is 7. The SMILES string of the molecule is CCCC1=C(C(=O)OCC)[C@@H](c2cc(Cl)ccc2OC)n2c(s/c(=C3\C(=O)N(Cc4ccccc4Cl)c4ccccc43)c2=O)=N1. The highest BCUT2D eigenvalue weighted by Gasteiger charge is 2.39. The number of carbonyl (C=O) groups is 2. The highest BCUT2D eigenvalue weighted by Crippen LogP contribution is 2.39. The molecule has 0 saturated heterocycles. The number of hydrogen-bond donors (Lipinski definition) is 0. The Hall–Kier alpha value is -4.18. The molecule has 1 atom stereocenters. The molecule has 4 aromatic rings. The van der Waals surface area contributed by atoms with Crippen molar-refractivity contribution in [2.24, 2.45) is 4.99 Å². The lowest BCUT2D eigenvalue weighted by Gasteiger charge is -2.27. The summed E-state index contributed by atoms with van der Waals surface area (Å²) in [4.78, 5) is 49.2. The Kier molecular flexibility index (Phi) is 8.68. The van der Waals surface area contributed by atoms with E-state index in [1.54, 1.807) is 36.1 Å². The van der Waals surface area contributed by atoms with Crippen molar-refractivity contribution in [2.75, 3.05) is 18.6 Å². The first-order chi connectivity index (χ1) is 21.8. The lowest BCUT2D eigenvalue weighted by Crippen LogP contribution is -2.41. The van der Waals surface area contributed by atoms with Gasteiger partial charge in [0.1, 0.15) is 16.3 Å². The Labute approximate surface area is 273 Å². The molecule has 2 aliphatic rings. The van der Waals surface area contributed by atoms with E-state index in [9.17, 15) is 14.4 Å². The summed E-state index contributed by atoms with van der Waals surface area (Å²) in [6.45, 7) is 4.08. The van der Waals surface area contributed by atoms with Crippen molar-refractivity contribution in [1.29, 1.82) is 0 Å². The number of anilines is 1. The summed E-state index contributed by atoms with van der Waals surface area (Å²) in [6.07, 6.45) is 1.17. The second-order valence-electron chi connectivity index (χ2n) is 10.5. The van der Waals surface area contributed by atoms with Crippen molar-refractivity contribution in [3.8, 4) is 5.75 Å². The molecule has 0 bridgehead atoms. The molecule has 2 aliphatic heterocycles. The van der Waals surface area contributed by atoms with Gasteiger partial charge in [-0.3, -0.25) is 14.2 Å². The number of nitrogens with zero attached hydrogens (tertiary/aromatic N) is 3. The number of methoxy groups -OCH3 is 1. The number of benzene rings is 3. The van der Waals surface area contributed by atoms with E-state index in [1.165, 1.54) is 11.7 Å². The number of rotatable bonds is 8. The van der Waals surface area contributed by atoms with Crippen molar-refractivity contribution in [1.82, 2.24) is 4.57 Å². The fraction of sp³-hybridized carbons (Fsp3) is 0.235. The van der Waals surface area contributed by atoms with Gasteiger partial charge in [-0.25, -0.2) is 9.79 Å². The third-order valence-corrected chi connectivity index (χ3v) is 9.45. The van der Waals surface area contributed by atoms with Crippen LogP contribution in [0.25, 0.3) is 5.57 Å². The zero-order valence-corrected chi connectivity index (χ0v) is 27.1. The Bertz CT molecular complexity index is 2070. The quantitative estimate of drug-likeness (QED) is 0.222. The third-order valence-electron chi connectivity index (χ3n) is 7.79. The summed E-state index contributed by atoms with van der Waals surface area (Å²) in [7, 11) is 1.51. The van der Waals surface area contributed by atoms with E-state index in [-0.39, 0.29) is 34.7 Å². The number of carbonyl (C=O) groups excluding carboxylic acids is 2. The van der Waals surface area contributed by atoms with Crippen molar-refractivity contribution in [3.63, 3.8) is 0 Å². The predicted molar refractivity (Wildman–Crippen MR) is 176 cm³/mol. The largest absolute Gasteiger partial charge is 0.496 e. The lowest BCUT2D eigenvalue weighted by atomic mass is 9.93. The van der Waals surface area contributed by atoms with Crippen LogP contribution in [0.15, 0.2) is 87.8 Å². The minimum atomic E-state index is -0.948. The summed E-state index contributed by atoms with van der Waals surface area (Å²) in [5, 5.41) is 0.948. The van der Waals surface area contributed by atoms with Crippen LogP contribution in [0.5, 0.6) is 5.75 Å². The van der Waals surface area contributed by atoms with Gasteiger partial charge in [0.2, 0.25) is 0 Å². The molecule has 230 valence electrons. The molecular formula is C34H29Cl2N3O5S. The van der Waals surface area contributed by atoms with Crippen LogP contribution in [0.3, 0.4) is 0 Å². The standard InChI is InChI=1S/C34H29Cl2N3O5S/c1-4-10-24-28(33(42)44-5-2)29(22-17-20(35)15-16-26(22)43-3)39-32(41)30(45-34(39)37-24)27-21-12-7-9-14-25(21)38(31(27)40)18-19-11-6-8-13-23(19)36/h6-9,11-17,29H,4-5,10,18H2,1-3H3/b30-27-/t29-/m1/s1. The van der Waals surface area contributed by atoms with E-state index in [4.69, 9.17) is 37.7 Å². The van der Waals surface area contributed by atoms with Gasteiger partial charge in [0.25, 0.3) is 11.5 Å². The molecule has 6 rings (SSSR count). The van der Waals surface area contributed by atoms with Gasteiger partial charge in [-0.2, -0.15) is 0 Å². The first kappa shape index (κ1) is 30.8. The van der Waals surface area contributed by atoms with Crippen LogP contribution < -0.4 is 24.5 Å². The van der Waals surface area contributed by atoms with Crippen molar-refractivity contribution < 1.29 is 19.1 Å². The summed E-state index contributed by atoms with van der Waals surface area (Å²) >= 11 is 14.1. The average molecular weight is 663 g/mol. The number of halogens is 2. The first-order valence-corrected chi connectivity index (χ1v) is 16.1. The third kappa shape index (κ3) is 5.39. The number of thiazole rings is 1. The van der Waals surface area contributed by atoms with Gasteiger partial charge in [-0.1, -0.05) is 84.3 Å². The maximum absolute atomic E-state index is 14.6. The predicted octanol–water partition coefficient (Wildman–Crippen LogP) is 5.81. The highest BCUT2D eigenvalue weighted by molar-refractivity contribution is 7.07. The minimum absolute atomic E-state index is 0.141. The second-order valence-corrected chi connectivity index (χ2v) is 12.3. The Morgan fingerprint density at radius 1 is 1.02 bits per heavy atom. The number of ether oxygens (including phenoxy) is 2. The van der Waals surface area contributed by atoms with Gasteiger partial charge in [0.15, 0.2) is 4.80 Å². The Balaban J connectivity index is 1.63. The van der Waals surface area contributed by atoms with Gasteiger partial charge in [-0.05, 0) is 49.2 Å². The highest BCUT2D eigenvalue weighted by atomic mass is 35.5. The van der Waals surface area contributed by atoms with Crippen LogP contribution in [0.4, 0.5) is 5.69 Å². The monoisotopic (exact) mass is 661 g/mol. The first-order valence-electron chi connectivity index (χ1n) is 14.5. The van der Waals surface area contributed by atoms with Crippen LogP contribution >= 0.6 is 34.5 Å². The Morgan fingerprint density at radius 2 is 1.78 bits per heavy atom. The van der Waals surface area contributed by atoms with Crippen molar-refractivity contribution >= 4 is 57.7 Å². The number of allylic oxidation sites excluding steroid dienone is 1. The number of fused-ring (bicyclic) bond motifs is 2. The molecule has 3 heterocycles.